The minimum absolute atomic E-state index is 0.153. The van der Waals surface area contributed by atoms with E-state index in [-0.39, 0.29) is 6.10 Å². The van der Waals surface area contributed by atoms with Crippen molar-refractivity contribution in [3.63, 3.8) is 0 Å². The van der Waals surface area contributed by atoms with Crippen LogP contribution in [-0.4, -0.2) is 11.2 Å². The first-order valence-electron chi connectivity index (χ1n) is 5.24. The molecular formula is C12H18O. The Bertz CT molecular complexity index is 252. The van der Waals surface area contributed by atoms with E-state index in [1.165, 1.54) is 5.57 Å². The first kappa shape index (κ1) is 9.01. The molecule has 2 aliphatic carbocycles. The SMILES string of the molecule is CC12/C=C\CC/C=C(\C1)C(O)CC2. The maximum absolute atomic E-state index is 9.76. The largest absolute Gasteiger partial charge is 0.389 e. The lowest BCUT2D eigenvalue weighted by atomic mass is 9.71. The number of rotatable bonds is 0. The van der Waals surface area contributed by atoms with Crippen molar-refractivity contribution in [2.24, 2.45) is 5.41 Å². The van der Waals surface area contributed by atoms with Gasteiger partial charge in [-0.25, -0.2) is 0 Å². The van der Waals surface area contributed by atoms with Gasteiger partial charge in [-0.05, 0) is 43.1 Å². The molecule has 1 N–H and O–H groups in total. The third kappa shape index (κ3) is 1.86. The highest BCUT2D eigenvalue weighted by Crippen LogP contribution is 2.41. The topological polar surface area (TPSA) is 20.2 Å². The van der Waals surface area contributed by atoms with Gasteiger partial charge >= 0.3 is 0 Å². The normalized spacial score (nSPS) is 45.7. The summed E-state index contributed by atoms with van der Waals surface area (Å²) in [5.41, 5.74) is 1.60. The summed E-state index contributed by atoms with van der Waals surface area (Å²) in [5, 5.41) is 9.76. The number of fused-ring (bicyclic) bond motifs is 2. The van der Waals surface area contributed by atoms with Gasteiger partial charge in [0, 0.05) is 0 Å². The fourth-order valence-corrected chi connectivity index (χ4v) is 2.41. The molecule has 0 aromatic carbocycles. The van der Waals surface area contributed by atoms with E-state index >= 15 is 0 Å². The van der Waals surface area contributed by atoms with Gasteiger partial charge in [0.1, 0.15) is 0 Å². The lowest BCUT2D eigenvalue weighted by Crippen LogP contribution is -2.28. The standard InChI is InChI=1S/C12H18O/c1-12-7-4-2-3-5-10(9-12)11(13)6-8-12/h4-5,7,11,13H,2-3,6,8-9H2,1H3/b7-4-,10-5+. The Morgan fingerprint density at radius 2 is 2.31 bits per heavy atom. The molecule has 0 amide bonds. The van der Waals surface area contributed by atoms with Crippen LogP contribution in [0.3, 0.4) is 0 Å². The van der Waals surface area contributed by atoms with Gasteiger partial charge in [-0.1, -0.05) is 25.2 Å². The van der Waals surface area contributed by atoms with Gasteiger partial charge < -0.3 is 5.11 Å². The Hall–Kier alpha value is -0.560. The zero-order valence-electron chi connectivity index (χ0n) is 8.29. The third-order valence-corrected chi connectivity index (χ3v) is 3.28. The molecular weight excluding hydrogens is 160 g/mol. The molecule has 1 nitrogen and oxygen atoms in total. The van der Waals surface area contributed by atoms with E-state index in [1.807, 2.05) is 0 Å². The van der Waals surface area contributed by atoms with E-state index in [4.69, 9.17) is 0 Å². The Kier molecular flexibility index (Phi) is 2.29. The monoisotopic (exact) mass is 178 g/mol. The maximum Gasteiger partial charge on any atom is 0.0750 e. The van der Waals surface area contributed by atoms with Crippen LogP contribution >= 0.6 is 0 Å². The van der Waals surface area contributed by atoms with Crippen LogP contribution in [0, 0.1) is 5.41 Å². The van der Waals surface area contributed by atoms with Crippen LogP contribution in [0.15, 0.2) is 23.8 Å². The number of hydrogen-bond acceptors (Lipinski definition) is 1. The van der Waals surface area contributed by atoms with Crippen LogP contribution < -0.4 is 0 Å². The molecule has 13 heavy (non-hydrogen) atoms. The summed E-state index contributed by atoms with van der Waals surface area (Å²) < 4.78 is 0. The van der Waals surface area contributed by atoms with Crippen LogP contribution in [0.5, 0.6) is 0 Å². The van der Waals surface area contributed by atoms with Crippen molar-refractivity contribution in [3.8, 4) is 0 Å². The van der Waals surface area contributed by atoms with Crippen molar-refractivity contribution in [2.75, 3.05) is 0 Å². The molecule has 0 saturated heterocycles. The second kappa shape index (κ2) is 3.30. The Labute approximate surface area is 80.2 Å². The molecule has 0 aromatic heterocycles. The Morgan fingerprint density at radius 3 is 3.15 bits per heavy atom. The number of aliphatic hydroxyl groups is 1. The molecule has 0 heterocycles. The molecule has 2 bridgehead atoms. The molecule has 2 rings (SSSR count). The number of allylic oxidation sites excluding steroid dienone is 3. The minimum atomic E-state index is -0.153. The van der Waals surface area contributed by atoms with Crippen molar-refractivity contribution in [1.82, 2.24) is 0 Å². The average Bonchev–Trinajstić information content (AvgIpc) is 2.07. The van der Waals surface area contributed by atoms with Crippen LogP contribution in [0.2, 0.25) is 0 Å². The highest BCUT2D eigenvalue weighted by molar-refractivity contribution is 5.19. The maximum atomic E-state index is 9.76. The van der Waals surface area contributed by atoms with E-state index in [1.54, 1.807) is 0 Å². The smallest absolute Gasteiger partial charge is 0.0750 e. The fraction of sp³-hybridized carbons (Fsp3) is 0.667. The summed E-state index contributed by atoms with van der Waals surface area (Å²) in [5.74, 6) is 0. The molecule has 2 unspecified atom stereocenters. The number of aliphatic hydroxyl groups excluding tert-OH is 1. The van der Waals surface area contributed by atoms with Gasteiger partial charge in [0.25, 0.3) is 0 Å². The van der Waals surface area contributed by atoms with Crippen LogP contribution in [0.1, 0.15) is 39.0 Å². The van der Waals surface area contributed by atoms with E-state index in [0.717, 1.165) is 32.1 Å². The molecule has 2 atom stereocenters. The summed E-state index contributed by atoms with van der Waals surface area (Å²) >= 11 is 0. The third-order valence-electron chi connectivity index (χ3n) is 3.28. The van der Waals surface area contributed by atoms with Gasteiger partial charge in [-0.15, -0.1) is 0 Å². The lowest BCUT2D eigenvalue weighted by Gasteiger charge is -2.36. The molecule has 1 saturated carbocycles. The molecule has 0 aliphatic heterocycles. The zero-order valence-corrected chi connectivity index (χ0v) is 8.29. The average molecular weight is 178 g/mol. The zero-order chi connectivity index (χ0) is 9.31. The lowest BCUT2D eigenvalue weighted by molar-refractivity contribution is 0.141. The van der Waals surface area contributed by atoms with E-state index in [2.05, 4.69) is 25.2 Å². The van der Waals surface area contributed by atoms with Crippen molar-refractivity contribution in [2.45, 2.75) is 45.1 Å². The van der Waals surface area contributed by atoms with Crippen LogP contribution in [0.4, 0.5) is 0 Å². The van der Waals surface area contributed by atoms with E-state index < -0.39 is 0 Å². The minimum Gasteiger partial charge on any atom is -0.389 e. The molecule has 1 heteroatoms. The van der Waals surface area contributed by atoms with Crippen molar-refractivity contribution >= 4 is 0 Å². The van der Waals surface area contributed by atoms with Gasteiger partial charge in [-0.3, -0.25) is 0 Å². The van der Waals surface area contributed by atoms with Crippen molar-refractivity contribution in [1.29, 1.82) is 0 Å². The Morgan fingerprint density at radius 1 is 1.46 bits per heavy atom. The van der Waals surface area contributed by atoms with Gasteiger partial charge in [0.05, 0.1) is 6.10 Å². The van der Waals surface area contributed by atoms with Gasteiger partial charge in [0.2, 0.25) is 0 Å². The molecule has 0 radical (unpaired) electrons. The second-order valence-corrected chi connectivity index (χ2v) is 4.64. The molecule has 0 spiro atoms. The molecule has 72 valence electrons. The van der Waals surface area contributed by atoms with Crippen LogP contribution in [-0.2, 0) is 0 Å². The van der Waals surface area contributed by atoms with E-state index in [0.29, 0.717) is 5.41 Å². The van der Waals surface area contributed by atoms with Gasteiger partial charge in [-0.2, -0.15) is 0 Å². The van der Waals surface area contributed by atoms with E-state index in [9.17, 15) is 5.11 Å². The summed E-state index contributed by atoms with van der Waals surface area (Å²) in [4.78, 5) is 0. The highest BCUT2D eigenvalue weighted by Gasteiger charge is 2.31. The molecule has 1 fully saturated rings. The summed E-state index contributed by atoms with van der Waals surface area (Å²) in [7, 11) is 0. The summed E-state index contributed by atoms with van der Waals surface area (Å²) in [6, 6.07) is 0. The number of hydrogen-bond donors (Lipinski definition) is 1. The fourth-order valence-electron chi connectivity index (χ4n) is 2.41. The molecule has 2 aliphatic rings. The predicted octanol–water partition coefficient (Wildman–Crippen LogP) is 2.81. The summed E-state index contributed by atoms with van der Waals surface area (Å²) in [6.07, 6.45) is 12.1. The predicted molar refractivity (Wildman–Crippen MR) is 54.4 cm³/mol. The quantitative estimate of drug-likeness (QED) is 0.565. The second-order valence-electron chi connectivity index (χ2n) is 4.64. The first-order valence-corrected chi connectivity index (χ1v) is 5.24. The Balaban J connectivity index is 2.24. The highest BCUT2D eigenvalue weighted by atomic mass is 16.3. The van der Waals surface area contributed by atoms with Crippen molar-refractivity contribution < 1.29 is 5.11 Å². The molecule has 0 aromatic rings. The van der Waals surface area contributed by atoms with Crippen LogP contribution in [0.25, 0.3) is 0 Å². The summed E-state index contributed by atoms with van der Waals surface area (Å²) in [6.45, 7) is 2.30. The van der Waals surface area contributed by atoms with Gasteiger partial charge in [0.15, 0.2) is 0 Å². The van der Waals surface area contributed by atoms with Crippen molar-refractivity contribution in [3.05, 3.63) is 23.8 Å². The first-order chi connectivity index (χ1) is 6.20.